The van der Waals surface area contributed by atoms with Crippen LogP contribution in [0.1, 0.15) is 12.8 Å². The van der Waals surface area contributed by atoms with Crippen molar-refractivity contribution in [1.82, 2.24) is 0 Å². The van der Waals surface area contributed by atoms with Gasteiger partial charge in [0.25, 0.3) is 0 Å². The first-order valence-corrected chi connectivity index (χ1v) is 3.79. The number of halogens is 1. The summed E-state index contributed by atoms with van der Waals surface area (Å²) in [5.41, 5.74) is 0.381. The van der Waals surface area contributed by atoms with Gasteiger partial charge < -0.3 is 5.11 Å². The summed E-state index contributed by atoms with van der Waals surface area (Å²) in [5, 5.41) is 8.57. The predicted molar refractivity (Wildman–Crippen MR) is 42.0 cm³/mol. The fraction of sp³-hybridized carbons (Fsp3) is 0.286. The Morgan fingerprint density at radius 1 is 1.70 bits per heavy atom. The summed E-state index contributed by atoms with van der Waals surface area (Å²) in [4.78, 5) is 10.4. The Morgan fingerprint density at radius 2 is 2.40 bits per heavy atom. The van der Waals surface area contributed by atoms with Crippen molar-refractivity contribution < 1.29 is 9.90 Å². The SMILES string of the molecule is O=C(O)C1=C(Br)CCC=C1. The highest BCUT2D eigenvalue weighted by atomic mass is 79.9. The van der Waals surface area contributed by atoms with E-state index in [0.717, 1.165) is 17.3 Å². The van der Waals surface area contributed by atoms with Crippen LogP contribution in [0.5, 0.6) is 0 Å². The average molecular weight is 203 g/mol. The van der Waals surface area contributed by atoms with E-state index in [1.807, 2.05) is 6.08 Å². The molecule has 0 spiro atoms. The Balaban J connectivity index is 2.90. The Bertz CT molecular complexity index is 216. The Morgan fingerprint density at radius 3 is 2.80 bits per heavy atom. The van der Waals surface area contributed by atoms with Crippen LogP contribution in [0.4, 0.5) is 0 Å². The molecule has 0 aromatic rings. The van der Waals surface area contributed by atoms with E-state index in [-0.39, 0.29) is 0 Å². The van der Waals surface area contributed by atoms with Crippen LogP contribution in [0.2, 0.25) is 0 Å². The van der Waals surface area contributed by atoms with Crippen LogP contribution in [0.3, 0.4) is 0 Å². The molecule has 0 amide bonds. The van der Waals surface area contributed by atoms with Gasteiger partial charge in [-0.25, -0.2) is 4.79 Å². The van der Waals surface area contributed by atoms with Crippen molar-refractivity contribution in [2.24, 2.45) is 0 Å². The smallest absolute Gasteiger partial charge is 0.336 e. The highest BCUT2D eigenvalue weighted by Gasteiger charge is 2.11. The minimum absolute atomic E-state index is 0.381. The van der Waals surface area contributed by atoms with E-state index in [9.17, 15) is 4.79 Å². The van der Waals surface area contributed by atoms with Gasteiger partial charge in [-0.1, -0.05) is 28.1 Å². The summed E-state index contributed by atoms with van der Waals surface area (Å²) in [7, 11) is 0. The Labute approximate surface area is 67.4 Å². The summed E-state index contributed by atoms with van der Waals surface area (Å²) in [6.45, 7) is 0. The quantitative estimate of drug-likeness (QED) is 0.708. The monoisotopic (exact) mass is 202 g/mol. The fourth-order valence-electron chi connectivity index (χ4n) is 0.824. The molecule has 1 aliphatic rings. The molecule has 0 bridgehead atoms. The second kappa shape index (κ2) is 3.01. The number of allylic oxidation sites excluding steroid dienone is 2. The fourth-order valence-corrected chi connectivity index (χ4v) is 1.35. The molecule has 0 heterocycles. The predicted octanol–water partition coefficient (Wildman–Crippen LogP) is 2.07. The van der Waals surface area contributed by atoms with E-state index in [2.05, 4.69) is 15.9 Å². The number of hydrogen-bond donors (Lipinski definition) is 1. The molecule has 0 saturated carbocycles. The molecule has 0 aromatic carbocycles. The van der Waals surface area contributed by atoms with E-state index in [4.69, 9.17) is 5.11 Å². The van der Waals surface area contributed by atoms with Crippen molar-refractivity contribution in [2.75, 3.05) is 0 Å². The molecule has 0 aromatic heterocycles. The van der Waals surface area contributed by atoms with Crippen LogP contribution in [-0.4, -0.2) is 11.1 Å². The van der Waals surface area contributed by atoms with E-state index in [0.29, 0.717) is 5.57 Å². The number of aliphatic carboxylic acids is 1. The maximum atomic E-state index is 10.4. The van der Waals surface area contributed by atoms with Crippen LogP contribution in [0, 0.1) is 0 Å². The second-order valence-corrected chi connectivity index (χ2v) is 3.02. The van der Waals surface area contributed by atoms with E-state index in [1.165, 1.54) is 0 Å². The molecular formula is C7H7BrO2. The molecule has 0 atom stereocenters. The van der Waals surface area contributed by atoms with Crippen molar-refractivity contribution in [1.29, 1.82) is 0 Å². The third-order valence-corrected chi connectivity index (χ3v) is 2.16. The van der Waals surface area contributed by atoms with Gasteiger partial charge in [-0.05, 0) is 12.8 Å². The summed E-state index contributed by atoms with van der Waals surface area (Å²) in [6, 6.07) is 0. The zero-order chi connectivity index (χ0) is 7.56. The lowest BCUT2D eigenvalue weighted by molar-refractivity contribution is -0.132. The van der Waals surface area contributed by atoms with Crippen LogP contribution >= 0.6 is 15.9 Å². The Hall–Kier alpha value is -0.570. The van der Waals surface area contributed by atoms with E-state index in [1.54, 1.807) is 6.08 Å². The van der Waals surface area contributed by atoms with Crippen molar-refractivity contribution in [3.05, 3.63) is 22.2 Å². The topological polar surface area (TPSA) is 37.3 Å². The van der Waals surface area contributed by atoms with Gasteiger partial charge in [-0.2, -0.15) is 0 Å². The highest BCUT2D eigenvalue weighted by Crippen LogP contribution is 2.23. The van der Waals surface area contributed by atoms with Crippen LogP contribution < -0.4 is 0 Å². The van der Waals surface area contributed by atoms with Gasteiger partial charge in [0.1, 0.15) is 0 Å². The molecule has 0 fully saturated rings. The van der Waals surface area contributed by atoms with Crippen molar-refractivity contribution >= 4 is 21.9 Å². The number of hydrogen-bond acceptors (Lipinski definition) is 1. The molecule has 1 aliphatic carbocycles. The van der Waals surface area contributed by atoms with Crippen molar-refractivity contribution in [3.63, 3.8) is 0 Å². The first kappa shape index (κ1) is 7.54. The standard InChI is InChI=1S/C7H7BrO2/c8-6-4-2-1-3-5(6)7(9)10/h1,3H,2,4H2,(H,9,10). The molecule has 1 N–H and O–H groups in total. The number of rotatable bonds is 1. The zero-order valence-electron chi connectivity index (χ0n) is 5.30. The lowest BCUT2D eigenvalue weighted by atomic mass is 10.1. The van der Waals surface area contributed by atoms with E-state index >= 15 is 0 Å². The first-order chi connectivity index (χ1) is 4.72. The van der Waals surface area contributed by atoms with Crippen molar-refractivity contribution in [2.45, 2.75) is 12.8 Å². The molecule has 2 nitrogen and oxygen atoms in total. The van der Waals surface area contributed by atoms with Gasteiger partial charge in [-0.3, -0.25) is 0 Å². The largest absolute Gasteiger partial charge is 0.478 e. The third kappa shape index (κ3) is 1.48. The summed E-state index contributed by atoms with van der Waals surface area (Å²) in [5.74, 6) is -0.858. The summed E-state index contributed by atoms with van der Waals surface area (Å²) < 4.78 is 0.794. The normalized spacial score (nSPS) is 17.7. The highest BCUT2D eigenvalue weighted by molar-refractivity contribution is 9.11. The molecule has 0 aliphatic heterocycles. The molecule has 0 radical (unpaired) electrons. The minimum Gasteiger partial charge on any atom is -0.478 e. The molecular weight excluding hydrogens is 196 g/mol. The first-order valence-electron chi connectivity index (χ1n) is 3.00. The molecule has 0 unspecified atom stereocenters. The van der Waals surface area contributed by atoms with Gasteiger partial charge in [0.15, 0.2) is 0 Å². The number of carboxylic acid groups (broad SMARTS) is 1. The van der Waals surface area contributed by atoms with Gasteiger partial charge in [0.05, 0.1) is 5.57 Å². The average Bonchev–Trinajstić information content (AvgIpc) is 1.88. The van der Waals surface area contributed by atoms with Gasteiger partial charge in [0, 0.05) is 4.48 Å². The van der Waals surface area contributed by atoms with Gasteiger partial charge in [-0.15, -0.1) is 0 Å². The third-order valence-electron chi connectivity index (χ3n) is 1.34. The summed E-state index contributed by atoms with van der Waals surface area (Å²) >= 11 is 3.20. The van der Waals surface area contributed by atoms with Gasteiger partial charge in [0.2, 0.25) is 0 Å². The van der Waals surface area contributed by atoms with Crippen LogP contribution in [0.15, 0.2) is 22.2 Å². The molecule has 0 saturated heterocycles. The maximum Gasteiger partial charge on any atom is 0.336 e. The van der Waals surface area contributed by atoms with E-state index < -0.39 is 5.97 Å². The second-order valence-electron chi connectivity index (χ2n) is 2.06. The Kier molecular flexibility index (Phi) is 2.27. The minimum atomic E-state index is -0.858. The van der Waals surface area contributed by atoms with Crippen LogP contribution in [0.25, 0.3) is 0 Å². The summed E-state index contributed by atoms with van der Waals surface area (Å²) in [6.07, 6.45) is 5.24. The van der Waals surface area contributed by atoms with Crippen molar-refractivity contribution in [3.8, 4) is 0 Å². The lowest BCUT2D eigenvalue weighted by Crippen LogP contribution is -2.01. The maximum absolute atomic E-state index is 10.4. The number of carbonyl (C=O) groups is 1. The molecule has 3 heteroatoms. The molecule has 1 rings (SSSR count). The lowest BCUT2D eigenvalue weighted by Gasteiger charge is -2.05. The number of carboxylic acids is 1. The van der Waals surface area contributed by atoms with Gasteiger partial charge >= 0.3 is 5.97 Å². The molecule has 10 heavy (non-hydrogen) atoms. The molecule has 54 valence electrons. The van der Waals surface area contributed by atoms with Crippen LogP contribution in [-0.2, 0) is 4.79 Å². The zero-order valence-corrected chi connectivity index (χ0v) is 6.89.